The Morgan fingerprint density at radius 2 is 1.54 bits per heavy atom. The van der Waals surface area contributed by atoms with Crippen LogP contribution in [0.1, 0.15) is 64.4 Å². The number of benzene rings is 4. The lowest BCUT2D eigenvalue weighted by Crippen LogP contribution is -2.37. The van der Waals surface area contributed by atoms with Crippen LogP contribution in [-0.4, -0.2) is 41.0 Å². The SMILES string of the molecule is CC(C)N1CCC(c2ccc(OCc3ccccc3)c(C(=O)Nc3cc(-c4ccccc4)ccc3C(=O)O)c2)CC1. The molecule has 2 N–H and O–H groups in total. The van der Waals surface area contributed by atoms with Gasteiger partial charge in [0.25, 0.3) is 5.91 Å². The van der Waals surface area contributed by atoms with Crippen molar-refractivity contribution in [1.82, 2.24) is 4.90 Å². The average molecular weight is 549 g/mol. The highest BCUT2D eigenvalue weighted by molar-refractivity contribution is 6.09. The van der Waals surface area contributed by atoms with E-state index in [1.807, 2.05) is 72.8 Å². The van der Waals surface area contributed by atoms with E-state index in [4.69, 9.17) is 4.74 Å². The van der Waals surface area contributed by atoms with Crippen LogP contribution < -0.4 is 10.1 Å². The number of piperidine rings is 1. The van der Waals surface area contributed by atoms with Gasteiger partial charge < -0.3 is 20.1 Å². The first-order chi connectivity index (χ1) is 19.9. The molecular weight excluding hydrogens is 512 g/mol. The number of carbonyl (C=O) groups is 2. The highest BCUT2D eigenvalue weighted by Gasteiger charge is 2.25. The van der Waals surface area contributed by atoms with Gasteiger partial charge in [0.05, 0.1) is 16.8 Å². The molecule has 210 valence electrons. The molecule has 0 aliphatic carbocycles. The van der Waals surface area contributed by atoms with Crippen molar-refractivity contribution < 1.29 is 19.4 Å². The Labute approximate surface area is 241 Å². The van der Waals surface area contributed by atoms with Crippen molar-refractivity contribution in [2.24, 2.45) is 0 Å². The van der Waals surface area contributed by atoms with Crippen LogP contribution in [0.25, 0.3) is 11.1 Å². The van der Waals surface area contributed by atoms with Crippen molar-refractivity contribution >= 4 is 17.6 Å². The number of aromatic carboxylic acids is 1. The van der Waals surface area contributed by atoms with Gasteiger partial charge in [-0.15, -0.1) is 0 Å². The number of hydrogen-bond acceptors (Lipinski definition) is 4. The van der Waals surface area contributed by atoms with E-state index in [0.29, 0.717) is 29.9 Å². The summed E-state index contributed by atoms with van der Waals surface area (Å²) in [4.78, 5) is 28.4. The highest BCUT2D eigenvalue weighted by Crippen LogP contribution is 2.33. The van der Waals surface area contributed by atoms with Crippen molar-refractivity contribution in [3.05, 3.63) is 119 Å². The van der Waals surface area contributed by atoms with Crippen LogP contribution in [0.15, 0.2) is 97.1 Å². The number of carbonyl (C=O) groups excluding carboxylic acids is 1. The molecule has 1 heterocycles. The first-order valence-corrected chi connectivity index (χ1v) is 14.2. The Hall–Kier alpha value is -4.42. The summed E-state index contributed by atoms with van der Waals surface area (Å²) in [6.07, 6.45) is 2.04. The van der Waals surface area contributed by atoms with Gasteiger partial charge in [-0.3, -0.25) is 4.79 Å². The summed E-state index contributed by atoms with van der Waals surface area (Å²) in [7, 11) is 0. The number of likely N-dealkylation sites (tertiary alicyclic amines) is 1. The number of amides is 1. The monoisotopic (exact) mass is 548 g/mol. The van der Waals surface area contributed by atoms with Gasteiger partial charge in [-0.2, -0.15) is 0 Å². The topological polar surface area (TPSA) is 78.9 Å². The standard InChI is InChI=1S/C35H36N2O4/c1-24(2)37-19-17-27(18-20-37)28-14-16-33(41-23-25-9-5-3-6-10-25)31(21-28)34(38)36-32-22-29(13-15-30(32)35(39)40)26-11-7-4-8-12-26/h3-16,21-22,24,27H,17-20,23H2,1-2H3,(H,36,38)(H,39,40). The molecule has 0 bridgehead atoms. The molecule has 0 atom stereocenters. The van der Waals surface area contributed by atoms with Gasteiger partial charge in [0, 0.05) is 6.04 Å². The molecule has 4 aromatic rings. The second kappa shape index (κ2) is 12.8. The summed E-state index contributed by atoms with van der Waals surface area (Å²) in [5, 5.41) is 12.8. The minimum Gasteiger partial charge on any atom is -0.488 e. The molecule has 6 heteroatoms. The Balaban J connectivity index is 1.46. The molecule has 41 heavy (non-hydrogen) atoms. The largest absolute Gasteiger partial charge is 0.488 e. The number of hydrogen-bond donors (Lipinski definition) is 2. The van der Waals surface area contributed by atoms with Gasteiger partial charge >= 0.3 is 5.97 Å². The summed E-state index contributed by atoms with van der Waals surface area (Å²) in [5.41, 5.74) is 4.51. The fourth-order valence-corrected chi connectivity index (χ4v) is 5.42. The van der Waals surface area contributed by atoms with Crippen LogP contribution >= 0.6 is 0 Å². The second-order valence-corrected chi connectivity index (χ2v) is 10.8. The van der Waals surface area contributed by atoms with E-state index < -0.39 is 11.9 Å². The maximum absolute atomic E-state index is 13.9. The molecule has 0 spiro atoms. The molecule has 1 amide bonds. The summed E-state index contributed by atoms with van der Waals surface area (Å²) in [6, 6.07) is 30.9. The van der Waals surface area contributed by atoms with Crippen molar-refractivity contribution in [1.29, 1.82) is 0 Å². The Morgan fingerprint density at radius 3 is 2.20 bits per heavy atom. The number of nitrogens with zero attached hydrogens (tertiary/aromatic N) is 1. The average Bonchev–Trinajstić information content (AvgIpc) is 3.00. The molecule has 1 aliphatic rings. The van der Waals surface area contributed by atoms with Crippen molar-refractivity contribution in [3.63, 3.8) is 0 Å². The van der Waals surface area contributed by atoms with Crippen molar-refractivity contribution in [3.8, 4) is 16.9 Å². The first kappa shape index (κ1) is 28.1. The third-order valence-corrected chi connectivity index (χ3v) is 7.82. The molecular formula is C35H36N2O4. The molecule has 5 rings (SSSR count). The van der Waals surface area contributed by atoms with E-state index in [0.717, 1.165) is 48.2 Å². The number of carboxylic acids is 1. The zero-order valence-electron chi connectivity index (χ0n) is 23.5. The fourth-order valence-electron chi connectivity index (χ4n) is 5.42. The molecule has 6 nitrogen and oxygen atoms in total. The molecule has 0 aromatic heterocycles. The van der Waals surface area contributed by atoms with Gasteiger partial charge in [0.2, 0.25) is 0 Å². The van der Waals surface area contributed by atoms with E-state index >= 15 is 0 Å². The van der Waals surface area contributed by atoms with Gasteiger partial charge in [0.1, 0.15) is 12.4 Å². The summed E-state index contributed by atoms with van der Waals surface area (Å²) in [6.45, 7) is 6.80. The third-order valence-electron chi connectivity index (χ3n) is 7.82. The van der Waals surface area contributed by atoms with Crippen molar-refractivity contribution in [2.75, 3.05) is 18.4 Å². The minimum atomic E-state index is -1.11. The first-order valence-electron chi connectivity index (χ1n) is 14.2. The van der Waals surface area contributed by atoms with Crippen LogP contribution in [0.3, 0.4) is 0 Å². The van der Waals surface area contributed by atoms with E-state index in [1.54, 1.807) is 12.1 Å². The normalized spacial score (nSPS) is 14.1. The van der Waals surface area contributed by atoms with Gasteiger partial charge in [0.15, 0.2) is 0 Å². The zero-order chi connectivity index (χ0) is 28.8. The highest BCUT2D eigenvalue weighted by atomic mass is 16.5. The lowest BCUT2D eigenvalue weighted by atomic mass is 9.88. The molecule has 4 aromatic carbocycles. The number of nitrogens with one attached hydrogen (secondary N) is 1. The molecule has 1 fully saturated rings. The number of anilines is 1. The van der Waals surface area contributed by atoms with E-state index in [2.05, 4.69) is 30.1 Å². The predicted molar refractivity (Wildman–Crippen MR) is 163 cm³/mol. The quantitative estimate of drug-likeness (QED) is 0.227. The molecule has 0 saturated carbocycles. The van der Waals surface area contributed by atoms with Crippen LogP contribution in [0.2, 0.25) is 0 Å². The van der Waals surface area contributed by atoms with Crippen molar-refractivity contribution in [2.45, 2.75) is 45.3 Å². The lowest BCUT2D eigenvalue weighted by molar-refractivity contribution is 0.0698. The second-order valence-electron chi connectivity index (χ2n) is 10.8. The third kappa shape index (κ3) is 6.84. The minimum absolute atomic E-state index is 0.0296. The molecule has 0 radical (unpaired) electrons. The van der Waals surface area contributed by atoms with Crippen LogP contribution in [0.4, 0.5) is 5.69 Å². The van der Waals surface area contributed by atoms with Crippen LogP contribution in [-0.2, 0) is 6.61 Å². The zero-order valence-corrected chi connectivity index (χ0v) is 23.5. The Morgan fingerprint density at radius 1 is 0.854 bits per heavy atom. The Kier molecular flexibility index (Phi) is 8.80. The van der Waals surface area contributed by atoms with Gasteiger partial charge in [-0.05, 0) is 92.2 Å². The molecule has 0 unspecified atom stereocenters. The lowest BCUT2D eigenvalue weighted by Gasteiger charge is -2.35. The fraction of sp³-hybridized carbons (Fsp3) is 0.257. The smallest absolute Gasteiger partial charge is 0.337 e. The van der Waals surface area contributed by atoms with Crippen LogP contribution in [0.5, 0.6) is 5.75 Å². The number of carboxylic acid groups (broad SMARTS) is 1. The van der Waals surface area contributed by atoms with Gasteiger partial charge in [-0.25, -0.2) is 4.79 Å². The van der Waals surface area contributed by atoms with Crippen LogP contribution in [0, 0.1) is 0 Å². The number of ether oxygens (including phenoxy) is 1. The summed E-state index contributed by atoms with van der Waals surface area (Å²) >= 11 is 0. The van der Waals surface area contributed by atoms with Gasteiger partial charge in [-0.1, -0.05) is 72.8 Å². The van der Waals surface area contributed by atoms with E-state index in [9.17, 15) is 14.7 Å². The van der Waals surface area contributed by atoms with E-state index in [-0.39, 0.29) is 11.3 Å². The number of rotatable bonds is 9. The maximum atomic E-state index is 13.9. The molecule has 1 aliphatic heterocycles. The Bertz CT molecular complexity index is 1490. The van der Waals surface area contributed by atoms with E-state index in [1.165, 1.54) is 6.07 Å². The molecule has 1 saturated heterocycles. The summed E-state index contributed by atoms with van der Waals surface area (Å²) < 4.78 is 6.16. The maximum Gasteiger partial charge on any atom is 0.337 e. The summed E-state index contributed by atoms with van der Waals surface area (Å²) in [5.74, 6) is -0.699. The predicted octanol–water partition coefficient (Wildman–Crippen LogP) is 7.47.